The van der Waals surface area contributed by atoms with Gasteiger partial charge in [-0.2, -0.15) is 0 Å². The van der Waals surface area contributed by atoms with Crippen molar-refractivity contribution in [2.24, 2.45) is 0 Å². The summed E-state index contributed by atoms with van der Waals surface area (Å²) in [7, 11) is 0. The molecule has 15 heavy (non-hydrogen) atoms. The van der Waals surface area contributed by atoms with Gasteiger partial charge in [0.25, 0.3) is 5.09 Å². The van der Waals surface area contributed by atoms with Crippen molar-refractivity contribution >= 4 is 5.97 Å². The smallest absolute Gasteiger partial charge is 0.309 e. The number of carboxylic acid groups (broad SMARTS) is 1. The molecule has 0 fully saturated rings. The number of nitrogens with zero attached hydrogens (tertiary/aromatic N) is 2. The molecule has 0 aliphatic heterocycles. The van der Waals surface area contributed by atoms with E-state index in [1.165, 1.54) is 12.1 Å². The molecule has 0 aliphatic rings. The van der Waals surface area contributed by atoms with Crippen LogP contribution in [0.15, 0.2) is 18.2 Å². The van der Waals surface area contributed by atoms with Gasteiger partial charge in [-0.3, -0.25) is 9.78 Å². The molecule has 1 aromatic rings. The molecule has 1 N–H and O–H groups in total. The summed E-state index contributed by atoms with van der Waals surface area (Å²) in [6, 6.07) is 4.63. The lowest BCUT2D eigenvalue weighted by Gasteiger charge is -2.01. The second-order valence-electron chi connectivity index (χ2n) is 2.69. The van der Waals surface area contributed by atoms with Crippen LogP contribution in [0.1, 0.15) is 11.4 Å². The van der Waals surface area contributed by atoms with Gasteiger partial charge in [0.2, 0.25) is 0 Å². The van der Waals surface area contributed by atoms with Gasteiger partial charge in [-0.25, -0.2) is 0 Å². The first-order valence-corrected chi connectivity index (χ1v) is 4.02. The highest BCUT2D eigenvalue weighted by Gasteiger charge is 2.04. The van der Waals surface area contributed by atoms with E-state index < -0.39 is 11.1 Å². The lowest BCUT2D eigenvalue weighted by atomic mass is 10.2. The van der Waals surface area contributed by atoms with E-state index in [1.807, 2.05) is 0 Å². The maximum atomic E-state index is 10.4. The summed E-state index contributed by atoms with van der Waals surface area (Å²) < 4.78 is 0. The summed E-state index contributed by atoms with van der Waals surface area (Å²) in [4.78, 5) is 28.2. The van der Waals surface area contributed by atoms with E-state index in [4.69, 9.17) is 5.11 Å². The molecule has 0 amide bonds. The number of hydrogen-bond donors (Lipinski definition) is 1. The highest BCUT2D eigenvalue weighted by Crippen LogP contribution is 2.02. The Kier molecular flexibility index (Phi) is 3.55. The largest absolute Gasteiger partial charge is 0.481 e. The molecule has 7 nitrogen and oxygen atoms in total. The van der Waals surface area contributed by atoms with E-state index in [9.17, 15) is 14.9 Å². The fourth-order valence-electron chi connectivity index (χ4n) is 0.982. The molecule has 7 heteroatoms. The number of aliphatic carboxylic acids is 1. The number of carbonyl (C=O) groups is 1. The molecule has 0 spiro atoms. The Morgan fingerprint density at radius 1 is 1.53 bits per heavy atom. The van der Waals surface area contributed by atoms with Crippen LogP contribution in [-0.4, -0.2) is 21.1 Å². The number of aromatic nitrogens is 1. The topological polar surface area (TPSA) is 103 Å². The molecule has 1 rings (SSSR count). The average molecular weight is 212 g/mol. The van der Waals surface area contributed by atoms with Crippen molar-refractivity contribution in [2.75, 3.05) is 0 Å². The summed E-state index contributed by atoms with van der Waals surface area (Å²) >= 11 is 0. The normalized spacial score (nSPS) is 9.60. The third kappa shape index (κ3) is 4.03. The van der Waals surface area contributed by atoms with Crippen LogP contribution in [0.5, 0.6) is 0 Å². The van der Waals surface area contributed by atoms with Crippen LogP contribution in [0.4, 0.5) is 0 Å². The Balaban J connectivity index is 2.65. The van der Waals surface area contributed by atoms with Gasteiger partial charge >= 0.3 is 5.97 Å². The van der Waals surface area contributed by atoms with Crippen molar-refractivity contribution in [2.45, 2.75) is 13.0 Å². The lowest BCUT2D eigenvalue weighted by Crippen LogP contribution is -2.06. The number of pyridine rings is 1. The van der Waals surface area contributed by atoms with E-state index in [0.717, 1.165) is 0 Å². The van der Waals surface area contributed by atoms with Gasteiger partial charge in [-0.1, -0.05) is 6.07 Å². The molecular formula is C8H8N2O5. The molecule has 1 heterocycles. The van der Waals surface area contributed by atoms with Crippen LogP contribution in [0.3, 0.4) is 0 Å². The first kappa shape index (κ1) is 10.9. The second-order valence-corrected chi connectivity index (χ2v) is 2.69. The molecule has 0 bridgehead atoms. The quantitative estimate of drug-likeness (QED) is 0.560. The zero-order valence-corrected chi connectivity index (χ0v) is 7.62. The van der Waals surface area contributed by atoms with Gasteiger partial charge in [0, 0.05) is 0 Å². The molecule has 0 saturated heterocycles. The Morgan fingerprint density at radius 2 is 2.20 bits per heavy atom. The van der Waals surface area contributed by atoms with Crippen LogP contribution < -0.4 is 0 Å². The minimum absolute atomic E-state index is 0.216. The van der Waals surface area contributed by atoms with E-state index in [0.29, 0.717) is 11.4 Å². The molecule has 1 aromatic heterocycles. The van der Waals surface area contributed by atoms with Crippen molar-refractivity contribution < 1.29 is 19.8 Å². The Morgan fingerprint density at radius 3 is 2.80 bits per heavy atom. The number of carboxylic acids is 1. The molecule has 0 saturated carbocycles. The Bertz CT molecular complexity index is 379. The third-order valence-corrected chi connectivity index (χ3v) is 1.51. The summed E-state index contributed by atoms with van der Waals surface area (Å²) in [6.45, 7) is -0.277. The van der Waals surface area contributed by atoms with Crippen molar-refractivity contribution in [1.29, 1.82) is 0 Å². The average Bonchev–Trinajstić information content (AvgIpc) is 2.14. The lowest BCUT2D eigenvalue weighted by molar-refractivity contribution is -0.763. The molecule has 0 unspecified atom stereocenters. The van der Waals surface area contributed by atoms with Gasteiger partial charge in [0.05, 0.1) is 17.8 Å². The molecule has 0 aromatic carbocycles. The first-order chi connectivity index (χ1) is 7.08. The molecular weight excluding hydrogens is 204 g/mol. The number of rotatable bonds is 5. The standard InChI is InChI=1S/C8H8N2O5/c11-8(12)4-6-2-1-3-7(9-6)5-15-10(13)14/h1-3H,4-5H2,(H,11,12). The highest BCUT2D eigenvalue weighted by atomic mass is 16.9. The van der Waals surface area contributed by atoms with Gasteiger partial charge < -0.3 is 9.94 Å². The molecule has 0 atom stereocenters. The summed E-state index contributed by atoms with van der Waals surface area (Å²) in [5, 5.41) is 17.5. The van der Waals surface area contributed by atoms with Crippen molar-refractivity contribution in [3.63, 3.8) is 0 Å². The van der Waals surface area contributed by atoms with Gasteiger partial charge in [0.1, 0.15) is 6.61 Å². The monoisotopic (exact) mass is 212 g/mol. The zero-order chi connectivity index (χ0) is 11.3. The van der Waals surface area contributed by atoms with Gasteiger partial charge in [-0.05, 0) is 12.1 Å². The van der Waals surface area contributed by atoms with E-state index >= 15 is 0 Å². The molecule has 0 aliphatic carbocycles. The van der Waals surface area contributed by atoms with Crippen LogP contribution in [0.2, 0.25) is 0 Å². The Labute approximate surface area is 84.4 Å². The fraction of sp³-hybridized carbons (Fsp3) is 0.250. The summed E-state index contributed by atoms with van der Waals surface area (Å²) in [6.07, 6.45) is -0.216. The summed E-state index contributed by atoms with van der Waals surface area (Å²) in [5.74, 6) is -1.00. The second kappa shape index (κ2) is 4.89. The van der Waals surface area contributed by atoms with Crippen molar-refractivity contribution in [3.8, 4) is 0 Å². The van der Waals surface area contributed by atoms with Crippen molar-refractivity contribution in [3.05, 3.63) is 39.7 Å². The SMILES string of the molecule is O=C(O)Cc1cccc(CO[N+](=O)[O-])n1. The van der Waals surface area contributed by atoms with Crippen LogP contribution in [-0.2, 0) is 22.7 Å². The predicted octanol–water partition coefficient (Wildman–Crippen LogP) is 0.417. The van der Waals surface area contributed by atoms with E-state index in [2.05, 4.69) is 9.82 Å². The predicted molar refractivity (Wildman–Crippen MR) is 47.4 cm³/mol. The maximum absolute atomic E-state index is 10.4. The minimum Gasteiger partial charge on any atom is -0.481 e. The first-order valence-electron chi connectivity index (χ1n) is 4.02. The van der Waals surface area contributed by atoms with Crippen LogP contribution in [0, 0.1) is 10.1 Å². The fourth-order valence-corrected chi connectivity index (χ4v) is 0.982. The zero-order valence-electron chi connectivity index (χ0n) is 7.62. The van der Waals surface area contributed by atoms with Crippen LogP contribution in [0.25, 0.3) is 0 Å². The third-order valence-electron chi connectivity index (χ3n) is 1.51. The maximum Gasteiger partial charge on any atom is 0.309 e. The van der Waals surface area contributed by atoms with Crippen LogP contribution >= 0.6 is 0 Å². The highest BCUT2D eigenvalue weighted by molar-refractivity contribution is 5.69. The molecule has 80 valence electrons. The minimum atomic E-state index is -1.00. The summed E-state index contributed by atoms with van der Waals surface area (Å²) in [5.41, 5.74) is 0.664. The Hall–Kier alpha value is -2.18. The van der Waals surface area contributed by atoms with Gasteiger partial charge in [-0.15, -0.1) is 10.1 Å². The van der Waals surface area contributed by atoms with Crippen molar-refractivity contribution in [1.82, 2.24) is 4.98 Å². The number of hydrogen-bond acceptors (Lipinski definition) is 5. The van der Waals surface area contributed by atoms with Gasteiger partial charge in [0.15, 0.2) is 0 Å². The van der Waals surface area contributed by atoms with E-state index in [1.54, 1.807) is 6.07 Å². The molecule has 0 radical (unpaired) electrons. The van der Waals surface area contributed by atoms with E-state index in [-0.39, 0.29) is 13.0 Å².